The van der Waals surface area contributed by atoms with Gasteiger partial charge in [-0.3, -0.25) is 4.79 Å². The molecule has 5 heteroatoms. The summed E-state index contributed by atoms with van der Waals surface area (Å²) in [5.41, 5.74) is 2.56. The number of thiazole rings is 1. The van der Waals surface area contributed by atoms with E-state index < -0.39 is 5.97 Å². The molecule has 0 bridgehead atoms. The Bertz CT molecular complexity index is 837. The molecule has 22 heavy (non-hydrogen) atoms. The van der Waals surface area contributed by atoms with Crippen molar-refractivity contribution < 1.29 is 9.90 Å². The third kappa shape index (κ3) is 3.43. The van der Waals surface area contributed by atoms with Gasteiger partial charge in [-0.05, 0) is 41.5 Å². The molecular weight excluding hydrogens is 362 g/mol. The number of carboxylic acids is 1. The zero-order chi connectivity index (χ0) is 15.5. The highest BCUT2D eigenvalue weighted by Gasteiger charge is 2.12. The normalized spacial score (nSPS) is 11.8. The van der Waals surface area contributed by atoms with Crippen LogP contribution in [0.2, 0.25) is 0 Å². The van der Waals surface area contributed by atoms with E-state index in [1.807, 2.05) is 54.6 Å². The molecule has 1 heterocycles. The molecule has 0 fully saturated rings. The third-order valence-electron chi connectivity index (χ3n) is 3.10. The molecule has 1 N–H and O–H groups in total. The van der Waals surface area contributed by atoms with Gasteiger partial charge >= 0.3 is 5.97 Å². The number of carbonyl (C=O) groups is 1. The lowest BCUT2D eigenvalue weighted by Crippen LogP contribution is -1.96. The molecule has 3 rings (SSSR count). The average molecular weight is 374 g/mol. The van der Waals surface area contributed by atoms with Crippen LogP contribution in [0.25, 0.3) is 21.9 Å². The zero-order valence-electron chi connectivity index (χ0n) is 11.5. The summed E-state index contributed by atoms with van der Waals surface area (Å²) in [4.78, 5) is 15.7. The third-order valence-corrected chi connectivity index (χ3v) is 4.71. The summed E-state index contributed by atoms with van der Waals surface area (Å²) >= 11 is 4.95. The second kappa shape index (κ2) is 6.42. The van der Waals surface area contributed by atoms with Crippen molar-refractivity contribution in [3.8, 4) is 0 Å². The molecule has 0 aliphatic heterocycles. The van der Waals surface area contributed by atoms with Crippen LogP contribution >= 0.6 is 27.3 Å². The molecule has 2 aromatic carbocycles. The Labute approximate surface area is 140 Å². The summed E-state index contributed by atoms with van der Waals surface area (Å²) in [6, 6.07) is 15.6. The first-order valence-corrected chi connectivity index (χ1v) is 8.26. The van der Waals surface area contributed by atoms with Crippen LogP contribution in [0, 0.1) is 0 Å². The molecule has 0 radical (unpaired) electrons. The minimum Gasteiger partial charge on any atom is -0.481 e. The average Bonchev–Trinajstić information content (AvgIpc) is 2.90. The molecular formula is C17H12BrNO2S. The number of nitrogens with zero attached hydrogens (tertiary/aromatic N) is 1. The van der Waals surface area contributed by atoms with Crippen LogP contribution < -0.4 is 0 Å². The zero-order valence-corrected chi connectivity index (χ0v) is 13.9. The maximum atomic E-state index is 11.2. The van der Waals surface area contributed by atoms with Crippen LogP contribution in [0.15, 0.2) is 53.0 Å². The summed E-state index contributed by atoms with van der Waals surface area (Å²) in [6.45, 7) is 0. The number of fused-ring (bicyclic) bond motifs is 1. The van der Waals surface area contributed by atoms with Crippen LogP contribution in [0.3, 0.4) is 0 Å². The second-order valence-corrected chi connectivity index (χ2v) is 6.73. The quantitative estimate of drug-likeness (QED) is 0.693. The molecule has 3 nitrogen and oxygen atoms in total. The molecule has 0 aliphatic rings. The second-order valence-electron chi connectivity index (χ2n) is 4.78. The highest BCUT2D eigenvalue weighted by molar-refractivity contribution is 9.10. The van der Waals surface area contributed by atoms with Gasteiger partial charge < -0.3 is 5.11 Å². The van der Waals surface area contributed by atoms with Crippen molar-refractivity contribution in [2.24, 2.45) is 0 Å². The Hall–Kier alpha value is -1.98. The number of benzene rings is 2. The van der Waals surface area contributed by atoms with E-state index in [0.717, 1.165) is 25.3 Å². The molecule has 0 amide bonds. The molecule has 0 unspecified atom stereocenters. The van der Waals surface area contributed by atoms with E-state index in [-0.39, 0.29) is 6.42 Å². The van der Waals surface area contributed by atoms with E-state index in [1.54, 1.807) is 0 Å². The van der Waals surface area contributed by atoms with Gasteiger partial charge in [0.25, 0.3) is 0 Å². The van der Waals surface area contributed by atoms with E-state index >= 15 is 0 Å². The van der Waals surface area contributed by atoms with Crippen molar-refractivity contribution in [3.05, 3.63) is 63.6 Å². The predicted molar refractivity (Wildman–Crippen MR) is 93.9 cm³/mol. The SMILES string of the molecule is O=C(O)CC(=Cc1cccc(Br)c1)c1nc2ccccc2s1. The molecule has 0 saturated heterocycles. The Balaban J connectivity index is 2.07. The van der Waals surface area contributed by atoms with Crippen molar-refractivity contribution >= 4 is 55.1 Å². The number of hydrogen-bond acceptors (Lipinski definition) is 3. The first kappa shape index (κ1) is 14.9. The Morgan fingerprint density at radius 3 is 2.77 bits per heavy atom. The van der Waals surface area contributed by atoms with Gasteiger partial charge in [0.1, 0.15) is 5.01 Å². The number of aromatic nitrogens is 1. The summed E-state index contributed by atoms with van der Waals surface area (Å²) in [5.74, 6) is -0.861. The van der Waals surface area contributed by atoms with Crippen LogP contribution in [0.5, 0.6) is 0 Å². The van der Waals surface area contributed by atoms with Crippen LogP contribution in [0.1, 0.15) is 17.0 Å². The number of rotatable bonds is 4. The maximum absolute atomic E-state index is 11.2. The van der Waals surface area contributed by atoms with Crippen LogP contribution in [0.4, 0.5) is 0 Å². The fraction of sp³-hybridized carbons (Fsp3) is 0.0588. The van der Waals surface area contributed by atoms with Gasteiger partial charge in [0, 0.05) is 4.47 Å². The molecule has 0 atom stereocenters. The topological polar surface area (TPSA) is 50.2 Å². The largest absolute Gasteiger partial charge is 0.481 e. The van der Waals surface area contributed by atoms with E-state index in [1.165, 1.54) is 11.3 Å². The summed E-state index contributed by atoms with van der Waals surface area (Å²) in [6.07, 6.45) is 1.84. The van der Waals surface area contributed by atoms with Gasteiger partial charge in [0.05, 0.1) is 16.6 Å². The van der Waals surface area contributed by atoms with Crippen LogP contribution in [-0.4, -0.2) is 16.1 Å². The first-order valence-electron chi connectivity index (χ1n) is 6.66. The molecule has 0 spiro atoms. The van der Waals surface area contributed by atoms with Gasteiger partial charge in [-0.2, -0.15) is 0 Å². The number of aliphatic carboxylic acids is 1. The minimum absolute atomic E-state index is 0.0493. The minimum atomic E-state index is -0.861. The predicted octanol–water partition coefficient (Wildman–Crippen LogP) is 5.07. The molecule has 3 aromatic rings. The van der Waals surface area contributed by atoms with Gasteiger partial charge in [0.15, 0.2) is 0 Å². The highest BCUT2D eigenvalue weighted by atomic mass is 79.9. The molecule has 0 saturated carbocycles. The number of hydrogen-bond donors (Lipinski definition) is 1. The van der Waals surface area contributed by atoms with Crippen molar-refractivity contribution in [1.82, 2.24) is 4.98 Å². The molecule has 1 aromatic heterocycles. The maximum Gasteiger partial charge on any atom is 0.307 e. The van der Waals surface area contributed by atoms with E-state index in [4.69, 9.17) is 0 Å². The fourth-order valence-corrected chi connectivity index (χ4v) is 3.55. The number of para-hydroxylation sites is 1. The van der Waals surface area contributed by atoms with E-state index in [9.17, 15) is 9.90 Å². The van der Waals surface area contributed by atoms with Gasteiger partial charge in [-0.25, -0.2) is 4.98 Å². The molecule has 0 aliphatic carbocycles. The Morgan fingerprint density at radius 2 is 2.05 bits per heavy atom. The van der Waals surface area contributed by atoms with Crippen molar-refractivity contribution in [1.29, 1.82) is 0 Å². The van der Waals surface area contributed by atoms with E-state index in [0.29, 0.717) is 5.57 Å². The van der Waals surface area contributed by atoms with E-state index in [2.05, 4.69) is 20.9 Å². The van der Waals surface area contributed by atoms with Crippen molar-refractivity contribution in [2.75, 3.05) is 0 Å². The summed E-state index contributed by atoms with van der Waals surface area (Å²) in [7, 11) is 0. The first-order chi connectivity index (χ1) is 10.6. The smallest absolute Gasteiger partial charge is 0.307 e. The Kier molecular flexibility index (Phi) is 4.36. The van der Waals surface area contributed by atoms with Gasteiger partial charge in [-0.1, -0.05) is 40.2 Å². The number of halogens is 1. The van der Waals surface area contributed by atoms with Gasteiger partial charge in [0.2, 0.25) is 0 Å². The molecule has 110 valence electrons. The standard InChI is InChI=1S/C17H12BrNO2S/c18-13-5-3-4-11(9-13)8-12(10-16(20)21)17-19-14-6-1-2-7-15(14)22-17/h1-9H,10H2,(H,20,21). The lowest BCUT2D eigenvalue weighted by molar-refractivity contribution is -0.135. The lowest BCUT2D eigenvalue weighted by atomic mass is 10.1. The summed E-state index contributed by atoms with van der Waals surface area (Å²) < 4.78 is 2.02. The summed E-state index contributed by atoms with van der Waals surface area (Å²) in [5, 5.41) is 9.93. The highest BCUT2D eigenvalue weighted by Crippen LogP contribution is 2.30. The number of carboxylic acid groups (broad SMARTS) is 1. The monoisotopic (exact) mass is 373 g/mol. The Morgan fingerprint density at radius 1 is 1.23 bits per heavy atom. The van der Waals surface area contributed by atoms with Gasteiger partial charge in [-0.15, -0.1) is 11.3 Å². The lowest BCUT2D eigenvalue weighted by Gasteiger charge is -2.02. The van der Waals surface area contributed by atoms with Crippen molar-refractivity contribution in [3.63, 3.8) is 0 Å². The van der Waals surface area contributed by atoms with Crippen molar-refractivity contribution in [2.45, 2.75) is 6.42 Å². The van der Waals surface area contributed by atoms with Crippen LogP contribution in [-0.2, 0) is 4.79 Å². The fourth-order valence-electron chi connectivity index (χ4n) is 2.16.